The molecule has 1 saturated heterocycles. The largest absolute Gasteiger partial charge is 0.369 e. The molecular formula is C25H39N5O. The standard InChI is InChI=1S/C25H39N5O/c1-7-28-12-14-29(15-13-28)22-8-10-24(19(4)16-22)26-25(31)11-9-23-20(5)27-30(21(23)6)17-18(2)3/h8,10,16,18H,7,9,11-15,17H2,1-6H3,(H,26,31). The molecule has 31 heavy (non-hydrogen) atoms. The van der Waals surface area contributed by atoms with Crippen LogP contribution < -0.4 is 10.2 Å². The molecule has 6 heteroatoms. The molecule has 0 radical (unpaired) electrons. The first-order valence-corrected chi connectivity index (χ1v) is 11.7. The zero-order valence-electron chi connectivity index (χ0n) is 20.2. The van der Waals surface area contributed by atoms with E-state index in [4.69, 9.17) is 0 Å². The van der Waals surface area contributed by atoms with Crippen molar-refractivity contribution in [2.75, 3.05) is 42.9 Å². The Morgan fingerprint density at radius 2 is 1.84 bits per heavy atom. The summed E-state index contributed by atoms with van der Waals surface area (Å²) in [4.78, 5) is 17.6. The molecule has 1 N–H and O–H groups in total. The number of benzene rings is 1. The van der Waals surface area contributed by atoms with Crippen LogP contribution in [-0.2, 0) is 17.8 Å². The molecular weight excluding hydrogens is 386 g/mol. The Kier molecular flexibility index (Phi) is 7.76. The van der Waals surface area contributed by atoms with Crippen molar-refractivity contribution in [3.63, 3.8) is 0 Å². The summed E-state index contributed by atoms with van der Waals surface area (Å²) in [6.07, 6.45) is 1.19. The predicted octanol–water partition coefficient (Wildman–Crippen LogP) is 4.18. The molecule has 0 saturated carbocycles. The number of likely N-dealkylation sites (N-methyl/N-ethyl adjacent to an activating group) is 1. The second kappa shape index (κ2) is 10.3. The number of rotatable bonds is 8. The van der Waals surface area contributed by atoms with Gasteiger partial charge in [0.15, 0.2) is 0 Å². The van der Waals surface area contributed by atoms with Gasteiger partial charge in [0.1, 0.15) is 0 Å². The average molecular weight is 426 g/mol. The Morgan fingerprint density at radius 3 is 2.45 bits per heavy atom. The molecule has 0 atom stereocenters. The van der Waals surface area contributed by atoms with E-state index >= 15 is 0 Å². The van der Waals surface area contributed by atoms with Crippen LogP contribution in [0.4, 0.5) is 11.4 Å². The van der Waals surface area contributed by atoms with Crippen molar-refractivity contribution >= 4 is 17.3 Å². The van der Waals surface area contributed by atoms with E-state index < -0.39 is 0 Å². The highest BCUT2D eigenvalue weighted by atomic mass is 16.1. The first-order valence-electron chi connectivity index (χ1n) is 11.7. The summed E-state index contributed by atoms with van der Waals surface area (Å²) in [5, 5.41) is 7.78. The number of nitrogens with one attached hydrogen (secondary N) is 1. The summed E-state index contributed by atoms with van der Waals surface area (Å²) in [6, 6.07) is 6.38. The second-order valence-electron chi connectivity index (χ2n) is 9.19. The Hall–Kier alpha value is -2.34. The first kappa shape index (κ1) is 23.3. The predicted molar refractivity (Wildman–Crippen MR) is 129 cm³/mol. The van der Waals surface area contributed by atoms with Crippen LogP contribution in [0.15, 0.2) is 18.2 Å². The van der Waals surface area contributed by atoms with Crippen LogP contribution in [0.3, 0.4) is 0 Å². The van der Waals surface area contributed by atoms with Gasteiger partial charge in [-0.1, -0.05) is 20.8 Å². The third-order valence-corrected chi connectivity index (χ3v) is 6.34. The lowest BCUT2D eigenvalue weighted by atomic mass is 10.1. The minimum Gasteiger partial charge on any atom is -0.369 e. The molecule has 3 rings (SSSR count). The summed E-state index contributed by atoms with van der Waals surface area (Å²) in [5.74, 6) is 0.610. The Labute approximate surface area is 187 Å². The van der Waals surface area contributed by atoms with Crippen molar-refractivity contribution in [2.24, 2.45) is 5.92 Å². The molecule has 1 aliphatic rings. The van der Waals surface area contributed by atoms with Gasteiger partial charge in [-0.05, 0) is 69.0 Å². The molecule has 6 nitrogen and oxygen atoms in total. The highest BCUT2D eigenvalue weighted by Gasteiger charge is 2.17. The van der Waals surface area contributed by atoms with Crippen molar-refractivity contribution in [2.45, 2.75) is 60.9 Å². The third kappa shape index (κ3) is 5.88. The van der Waals surface area contributed by atoms with Gasteiger partial charge >= 0.3 is 0 Å². The van der Waals surface area contributed by atoms with E-state index in [9.17, 15) is 4.79 Å². The molecule has 1 aromatic heterocycles. The van der Waals surface area contributed by atoms with E-state index in [2.05, 4.69) is 71.6 Å². The summed E-state index contributed by atoms with van der Waals surface area (Å²) in [5.41, 5.74) is 6.69. The number of hydrogen-bond acceptors (Lipinski definition) is 4. The number of hydrogen-bond donors (Lipinski definition) is 1. The highest BCUT2D eigenvalue weighted by Crippen LogP contribution is 2.24. The molecule has 2 heterocycles. The minimum absolute atomic E-state index is 0.0582. The molecule has 1 amide bonds. The summed E-state index contributed by atoms with van der Waals surface area (Å²) < 4.78 is 2.08. The van der Waals surface area contributed by atoms with Crippen molar-refractivity contribution in [1.82, 2.24) is 14.7 Å². The number of aromatic nitrogens is 2. The third-order valence-electron chi connectivity index (χ3n) is 6.34. The number of nitrogens with zero attached hydrogens (tertiary/aromatic N) is 4. The van der Waals surface area contributed by atoms with E-state index in [1.165, 1.54) is 16.9 Å². The van der Waals surface area contributed by atoms with E-state index in [-0.39, 0.29) is 5.91 Å². The van der Waals surface area contributed by atoms with Crippen molar-refractivity contribution < 1.29 is 4.79 Å². The Balaban J connectivity index is 1.57. The van der Waals surface area contributed by atoms with Gasteiger partial charge in [-0.2, -0.15) is 5.10 Å². The molecule has 0 bridgehead atoms. The molecule has 170 valence electrons. The lowest BCUT2D eigenvalue weighted by Gasteiger charge is -2.35. The average Bonchev–Trinajstić information content (AvgIpc) is 3.00. The number of anilines is 2. The molecule has 1 fully saturated rings. The maximum atomic E-state index is 12.6. The van der Waals surface area contributed by atoms with Crippen molar-refractivity contribution in [3.05, 3.63) is 40.7 Å². The van der Waals surface area contributed by atoms with Crippen LogP contribution in [-0.4, -0.2) is 53.3 Å². The lowest BCUT2D eigenvalue weighted by Crippen LogP contribution is -2.46. The van der Waals surface area contributed by atoms with E-state index in [1.54, 1.807) is 0 Å². The Morgan fingerprint density at radius 1 is 1.13 bits per heavy atom. The topological polar surface area (TPSA) is 53.4 Å². The maximum absolute atomic E-state index is 12.6. The zero-order chi connectivity index (χ0) is 22.5. The highest BCUT2D eigenvalue weighted by molar-refractivity contribution is 5.92. The van der Waals surface area contributed by atoms with Gasteiger partial charge in [0, 0.05) is 56.2 Å². The van der Waals surface area contributed by atoms with Crippen LogP contribution in [0.2, 0.25) is 0 Å². The van der Waals surface area contributed by atoms with Crippen molar-refractivity contribution in [1.29, 1.82) is 0 Å². The van der Waals surface area contributed by atoms with E-state index in [1.807, 2.05) is 13.0 Å². The fourth-order valence-electron chi connectivity index (χ4n) is 4.38. The van der Waals surface area contributed by atoms with Crippen LogP contribution in [0, 0.1) is 26.7 Å². The molecule has 0 unspecified atom stereocenters. The van der Waals surface area contributed by atoms with Gasteiger partial charge in [-0.15, -0.1) is 0 Å². The monoisotopic (exact) mass is 425 g/mol. The normalized spacial score (nSPS) is 15.0. The van der Waals surface area contributed by atoms with Crippen molar-refractivity contribution in [3.8, 4) is 0 Å². The second-order valence-corrected chi connectivity index (χ2v) is 9.19. The fraction of sp³-hybridized carbons (Fsp3) is 0.600. The number of piperazine rings is 1. The molecule has 0 aliphatic carbocycles. The SMILES string of the molecule is CCN1CCN(c2ccc(NC(=O)CCc3c(C)nn(CC(C)C)c3C)c(C)c2)CC1. The van der Waals surface area contributed by atoms with Gasteiger partial charge in [0.05, 0.1) is 5.69 Å². The van der Waals surface area contributed by atoms with Crippen LogP contribution >= 0.6 is 0 Å². The first-order chi connectivity index (χ1) is 14.8. The van der Waals surface area contributed by atoms with E-state index in [0.29, 0.717) is 12.3 Å². The van der Waals surface area contributed by atoms with Crippen LogP contribution in [0.5, 0.6) is 0 Å². The van der Waals surface area contributed by atoms with Gasteiger partial charge in [-0.3, -0.25) is 9.48 Å². The number of carbonyl (C=O) groups excluding carboxylic acids is 1. The smallest absolute Gasteiger partial charge is 0.224 e. The van der Waals surface area contributed by atoms with E-state index in [0.717, 1.165) is 62.6 Å². The molecule has 2 aromatic rings. The summed E-state index contributed by atoms with van der Waals surface area (Å²) in [6.45, 7) is 19.2. The summed E-state index contributed by atoms with van der Waals surface area (Å²) in [7, 11) is 0. The number of amides is 1. The van der Waals surface area contributed by atoms with Gasteiger partial charge < -0.3 is 15.1 Å². The summed E-state index contributed by atoms with van der Waals surface area (Å²) >= 11 is 0. The minimum atomic E-state index is 0.0582. The van der Waals surface area contributed by atoms with Gasteiger partial charge in [0.25, 0.3) is 0 Å². The van der Waals surface area contributed by atoms with Gasteiger partial charge in [0.2, 0.25) is 5.91 Å². The van der Waals surface area contributed by atoms with Crippen LogP contribution in [0.25, 0.3) is 0 Å². The Bertz CT molecular complexity index is 894. The number of aryl methyl sites for hydroxylation is 2. The van der Waals surface area contributed by atoms with Gasteiger partial charge in [-0.25, -0.2) is 0 Å². The maximum Gasteiger partial charge on any atom is 0.224 e. The lowest BCUT2D eigenvalue weighted by molar-refractivity contribution is -0.116. The molecule has 1 aromatic carbocycles. The molecule has 1 aliphatic heterocycles. The number of carbonyl (C=O) groups is 1. The van der Waals surface area contributed by atoms with Crippen LogP contribution in [0.1, 0.15) is 49.7 Å². The quantitative estimate of drug-likeness (QED) is 0.689. The zero-order valence-corrected chi connectivity index (χ0v) is 20.2. The fourth-order valence-corrected chi connectivity index (χ4v) is 4.38. The molecule has 0 spiro atoms.